The Balaban J connectivity index is 1.18. The fourth-order valence-electron chi connectivity index (χ4n) is 7.07. The molecule has 3 fully saturated rings. The summed E-state index contributed by atoms with van der Waals surface area (Å²) in [6.07, 6.45) is 0.0674. The predicted octanol–water partition coefficient (Wildman–Crippen LogP) is 4.50. The number of benzene rings is 1. The standard InChI is InChI=1S/C32H44F3N5O4S/c1-22-20-26(29(41)39-17-15-38(3)16-18-39)21-23(2)27(22)9-19-45(43,44)40-13-11-31(12-14-40)30(42)36-28(37-31)25-6-4-24(5-7-25)8-10-32(33,34)35/h9,19-21,24-25H,4-8,10-18H2,1-3H3,(H,36,37,42). The molecular weight excluding hydrogens is 607 g/mol. The number of piperazine rings is 1. The monoisotopic (exact) mass is 651 g/mol. The van der Waals surface area contributed by atoms with Crippen molar-refractivity contribution < 1.29 is 31.2 Å². The van der Waals surface area contributed by atoms with E-state index in [1.807, 2.05) is 37.9 Å². The number of aryl methyl sites for hydroxylation is 2. The number of nitrogens with zero attached hydrogens (tertiary/aromatic N) is 4. The van der Waals surface area contributed by atoms with E-state index in [-0.39, 0.29) is 56.0 Å². The van der Waals surface area contributed by atoms with Gasteiger partial charge in [0.25, 0.3) is 11.8 Å². The van der Waals surface area contributed by atoms with Gasteiger partial charge in [0.1, 0.15) is 11.4 Å². The number of likely N-dealkylation sites (N-methyl/N-ethyl adjacent to an activating group) is 1. The van der Waals surface area contributed by atoms with Gasteiger partial charge in [-0.3, -0.25) is 14.6 Å². The van der Waals surface area contributed by atoms with Crippen LogP contribution in [0.2, 0.25) is 0 Å². The number of carbonyl (C=O) groups is 2. The van der Waals surface area contributed by atoms with E-state index in [0.29, 0.717) is 50.2 Å². The Kier molecular flexibility index (Phi) is 9.82. The molecule has 45 heavy (non-hydrogen) atoms. The quantitative estimate of drug-likeness (QED) is 0.468. The van der Waals surface area contributed by atoms with Gasteiger partial charge in [0.15, 0.2) is 0 Å². The lowest BCUT2D eigenvalue weighted by atomic mass is 9.79. The number of alkyl halides is 3. The Hall–Kier alpha value is -2.77. The van der Waals surface area contributed by atoms with Gasteiger partial charge < -0.3 is 15.1 Å². The highest BCUT2D eigenvalue weighted by atomic mass is 32.2. The maximum atomic E-state index is 13.3. The molecule has 1 aromatic carbocycles. The van der Waals surface area contributed by atoms with Crippen LogP contribution in [0.4, 0.5) is 13.2 Å². The number of nitrogens with one attached hydrogen (secondary N) is 1. The van der Waals surface area contributed by atoms with Crippen molar-refractivity contribution in [3.05, 3.63) is 39.8 Å². The molecule has 9 nitrogen and oxygen atoms in total. The molecule has 4 aliphatic rings. The van der Waals surface area contributed by atoms with E-state index in [9.17, 15) is 31.2 Å². The molecule has 0 unspecified atom stereocenters. The van der Waals surface area contributed by atoms with E-state index in [4.69, 9.17) is 4.99 Å². The predicted molar refractivity (Wildman–Crippen MR) is 167 cm³/mol. The normalized spacial score (nSPS) is 25.2. The zero-order valence-corrected chi connectivity index (χ0v) is 27.1. The van der Waals surface area contributed by atoms with Crippen LogP contribution in [0.5, 0.6) is 0 Å². The Morgan fingerprint density at radius 1 is 1.02 bits per heavy atom. The molecule has 3 heterocycles. The molecule has 2 amide bonds. The summed E-state index contributed by atoms with van der Waals surface area (Å²) in [6, 6.07) is 3.63. The second-order valence-corrected chi connectivity index (χ2v) is 15.0. The summed E-state index contributed by atoms with van der Waals surface area (Å²) in [5.74, 6) is 0.406. The van der Waals surface area contributed by atoms with Crippen LogP contribution in [-0.4, -0.2) is 98.2 Å². The molecule has 5 rings (SSSR count). The topological polar surface area (TPSA) is 102 Å². The van der Waals surface area contributed by atoms with Crippen molar-refractivity contribution in [1.29, 1.82) is 0 Å². The summed E-state index contributed by atoms with van der Waals surface area (Å²) >= 11 is 0. The molecule has 2 saturated heterocycles. The average Bonchev–Trinajstić information content (AvgIpc) is 3.30. The number of piperidine rings is 1. The Bertz CT molecular complexity index is 1430. The Morgan fingerprint density at radius 3 is 2.20 bits per heavy atom. The molecule has 3 aliphatic heterocycles. The summed E-state index contributed by atoms with van der Waals surface area (Å²) in [5.41, 5.74) is 1.97. The minimum atomic E-state index is -4.14. The number of aliphatic imine (C=N–C) groups is 1. The van der Waals surface area contributed by atoms with Crippen LogP contribution in [0, 0.1) is 25.7 Å². The van der Waals surface area contributed by atoms with Gasteiger partial charge in [-0.2, -0.15) is 17.5 Å². The molecular formula is C32H44F3N5O4S. The third-order valence-electron chi connectivity index (χ3n) is 10.0. The van der Waals surface area contributed by atoms with Crippen molar-refractivity contribution >= 4 is 33.7 Å². The molecule has 13 heteroatoms. The zero-order valence-electron chi connectivity index (χ0n) is 26.3. The lowest BCUT2D eigenvalue weighted by Crippen LogP contribution is -2.50. The van der Waals surface area contributed by atoms with Crippen LogP contribution in [0.3, 0.4) is 0 Å². The maximum absolute atomic E-state index is 13.3. The molecule has 0 atom stereocenters. The fourth-order valence-corrected chi connectivity index (χ4v) is 8.24. The number of amides is 2. The summed E-state index contributed by atoms with van der Waals surface area (Å²) in [7, 11) is -1.74. The summed E-state index contributed by atoms with van der Waals surface area (Å²) in [4.78, 5) is 34.9. The van der Waals surface area contributed by atoms with Crippen molar-refractivity contribution in [2.45, 2.75) is 76.9 Å². The van der Waals surface area contributed by atoms with E-state index < -0.39 is 28.2 Å². The molecule has 1 aromatic rings. The number of rotatable bonds is 7. The van der Waals surface area contributed by atoms with Crippen LogP contribution in [0.15, 0.2) is 22.5 Å². The van der Waals surface area contributed by atoms with Crippen molar-refractivity contribution in [3.8, 4) is 0 Å². The van der Waals surface area contributed by atoms with Gasteiger partial charge in [0, 0.05) is 62.6 Å². The van der Waals surface area contributed by atoms with Gasteiger partial charge in [0.05, 0.1) is 0 Å². The molecule has 0 aromatic heterocycles. The molecule has 0 bridgehead atoms. The van der Waals surface area contributed by atoms with Crippen LogP contribution in [-0.2, 0) is 14.8 Å². The van der Waals surface area contributed by atoms with E-state index >= 15 is 0 Å². The summed E-state index contributed by atoms with van der Waals surface area (Å²) in [5, 5.41) is 4.12. The van der Waals surface area contributed by atoms with E-state index in [1.165, 1.54) is 9.71 Å². The lowest BCUT2D eigenvalue weighted by Gasteiger charge is -2.34. The second-order valence-electron chi connectivity index (χ2n) is 13.2. The smallest absolute Gasteiger partial charge is 0.336 e. The van der Waals surface area contributed by atoms with E-state index in [0.717, 1.165) is 29.8 Å². The summed E-state index contributed by atoms with van der Waals surface area (Å²) < 4.78 is 65.8. The number of hydrogen-bond donors (Lipinski definition) is 1. The average molecular weight is 652 g/mol. The first-order chi connectivity index (χ1) is 21.2. The van der Waals surface area contributed by atoms with Crippen LogP contribution in [0.1, 0.15) is 78.4 Å². The molecule has 1 aliphatic carbocycles. The Morgan fingerprint density at radius 2 is 1.62 bits per heavy atom. The minimum absolute atomic E-state index is 0.00914. The van der Waals surface area contributed by atoms with Gasteiger partial charge >= 0.3 is 6.18 Å². The van der Waals surface area contributed by atoms with Gasteiger partial charge in [-0.25, -0.2) is 8.42 Å². The highest BCUT2D eigenvalue weighted by molar-refractivity contribution is 7.92. The number of sulfonamides is 1. The minimum Gasteiger partial charge on any atom is -0.336 e. The maximum Gasteiger partial charge on any atom is 0.389 e. The van der Waals surface area contributed by atoms with Crippen LogP contribution < -0.4 is 5.32 Å². The SMILES string of the molecule is Cc1cc(C(=O)N2CCN(C)CC2)cc(C)c1C=CS(=O)(=O)N1CCC2(CC1)N=C(C1CCC(CCC(F)(F)F)CC1)NC2=O. The number of amidine groups is 1. The molecule has 0 radical (unpaired) electrons. The van der Waals surface area contributed by atoms with Crippen LogP contribution in [0.25, 0.3) is 6.08 Å². The Labute approximate surface area is 264 Å². The first-order valence-electron chi connectivity index (χ1n) is 15.9. The number of hydrogen-bond acceptors (Lipinski definition) is 6. The largest absolute Gasteiger partial charge is 0.389 e. The third kappa shape index (κ3) is 7.79. The van der Waals surface area contributed by atoms with Gasteiger partial charge in [-0.15, -0.1) is 0 Å². The van der Waals surface area contributed by atoms with Crippen molar-refractivity contribution in [2.75, 3.05) is 46.3 Å². The van der Waals surface area contributed by atoms with E-state index in [1.54, 1.807) is 6.08 Å². The zero-order chi connectivity index (χ0) is 32.6. The molecule has 1 N–H and O–H groups in total. The lowest BCUT2D eigenvalue weighted by molar-refractivity contribution is -0.138. The fraction of sp³-hybridized carbons (Fsp3) is 0.656. The van der Waals surface area contributed by atoms with Crippen molar-refractivity contribution in [2.24, 2.45) is 16.8 Å². The molecule has 1 spiro atoms. The molecule has 1 saturated carbocycles. The highest BCUT2D eigenvalue weighted by Crippen LogP contribution is 2.38. The molecule has 248 valence electrons. The van der Waals surface area contributed by atoms with Gasteiger partial charge in [-0.05, 0) is 107 Å². The third-order valence-corrected chi connectivity index (χ3v) is 11.6. The second kappa shape index (κ2) is 13.2. The summed E-state index contributed by atoms with van der Waals surface area (Å²) in [6.45, 7) is 7.05. The van der Waals surface area contributed by atoms with E-state index in [2.05, 4.69) is 10.2 Å². The number of halogens is 3. The first kappa shape index (κ1) is 33.6. The first-order valence-corrected chi connectivity index (χ1v) is 17.4. The highest BCUT2D eigenvalue weighted by Gasteiger charge is 2.48. The van der Waals surface area contributed by atoms with Gasteiger partial charge in [0.2, 0.25) is 10.0 Å². The van der Waals surface area contributed by atoms with Crippen LogP contribution >= 0.6 is 0 Å². The van der Waals surface area contributed by atoms with Gasteiger partial charge in [-0.1, -0.05) is 0 Å². The van der Waals surface area contributed by atoms with Crippen molar-refractivity contribution in [1.82, 2.24) is 19.4 Å². The van der Waals surface area contributed by atoms with Crippen molar-refractivity contribution in [3.63, 3.8) is 0 Å². The number of carbonyl (C=O) groups excluding carboxylic acids is 2.